The SMILES string of the molecule is C#CCN1CCC2C(=C3C(=CC(C(C)CCCc4ccc(C)cc4Cl)=CC3(O)O)OC2(C)C)C1. The van der Waals surface area contributed by atoms with Crippen LogP contribution in [-0.4, -0.2) is 46.1 Å². The minimum absolute atomic E-state index is 0.124. The van der Waals surface area contributed by atoms with Gasteiger partial charge in [0.1, 0.15) is 11.4 Å². The van der Waals surface area contributed by atoms with Gasteiger partial charge in [0, 0.05) is 24.0 Å². The van der Waals surface area contributed by atoms with E-state index in [1.54, 1.807) is 6.08 Å². The van der Waals surface area contributed by atoms with Gasteiger partial charge in [-0.3, -0.25) is 4.90 Å². The topological polar surface area (TPSA) is 52.9 Å². The highest BCUT2D eigenvalue weighted by Crippen LogP contribution is 2.49. The number of halogens is 1. The zero-order chi connectivity index (χ0) is 24.7. The summed E-state index contributed by atoms with van der Waals surface area (Å²) < 4.78 is 6.43. The first kappa shape index (κ1) is 25.1. The van der Waals surface area contributed by atoms with Crippen LogP contribution in [0.2, 0.25) is 5.02 Å². The van der Waals surface area contributed by atoms with Gasteiger partial charge in [-0.25, -0.2) is 0 Å². The number of piperidine rings is 1. The third-order valence-corrected chi connectivity index (χ3v) is 7.89. The number of hydrogen-bond donors (Lipinski definition) is 2. The van der Waals surface area contributed by atoms with Crippen LogP contribution >= 0.6 is 11.6 Å². The van der Waals surface area contributed by atoms with Gasteiger partial charge in [-0.15, -0.1) is 6.42 Å². The Labute approximate surface area is 209 Å². The molecule has 4 rings (SSSR count). The molecule has 182 valence electrons. The van der Waals surface area contributed by atoms with Crippen LogP contribution in [0.5, 0.6) is 0 Å². The lowest BCUT2D eigenvalue weighted by molar-refractivity contribution is -0.108. The molecule has 1 aromatic carbocycles. The van der Waals surface area contributed by atoms with Gasteiger partial charge in [-0.2, -0.15) is 0 Å². The number of rotatable bonds is 6. The Morgan fingerprint density at radius 2 is 2.09 bits per heavy atom. The van der Waals surface area contributed by atoms with Gasteiger partial charge < -0.3 is 14.9 Å². The van der Waals surface area contributed by atoms with Gasteiger partial charge in [-0.05, 0) is 92.9 Å². The van der Waals surface area contributed by atoms with E-state index >= 15 is 0 Å². The van der Waals surface area contributed by atoms with Gasteiger partial charge >= 0.3 is 0 Å². The van der Waals surface area contributed by atoms with Gasteiger partial charge in [0.05, 0.1) is 12.1 Å². The fourth-order valence-corrected chi connectivity index (χ4v) is 6.02. The number of fused-ring (bicyclic) bond motifs is 2. The zero-order valence-electron chi connectivity index (χ0n) is 20.7. The number of nitrogens with zero attached hydrogens (tertiary/aromatic N) is 1. The maximum atomic E-state index is 11.2. The summed E-state index contributed by atoms with van der Waals surface area (Å²) >= 11 is 6.40. The lowest BCUT2D eigenvalue weighted by Gasteiger charge is -2.49. The Bertz CT molecular complexity index is 1090. The molecular weight excluding hydrogens is 446 g/mol. The van der Waals surface area contributed by atoms with Crippen LogP contribution in [0.1, 0.15) is 51.2 Å². The van der Waals surface area contributed by atoms with Crippen molar-refractivity contribution in [3.63, 3.8) is 0 Å². The number of aryl methyl sites for hydroxylation is 2. The molecule has 4 nitrogen and oxygen atoms in total. The number of hydrogen-bond acceptors (Lipinski definition) is 4. The number of benzene rings is 1. The van der Waals surface area contributed by atoms with E-state index in [0.29, 0.717) is 24.4 Å². The molecule has 2 aliphatic heterocycles. The first-order valence-electron chi connectivity index (χ1n) is 12.2. The van der Waals surface area contributed by atoms with Crippen molar-refractivity contribution in [3.05, 3.63) is 69.0 Å². The summed E-state index contributed by atoms with van der Waals surface area (Å²) in [4.78, 5) is 2.19. The van der Waals surface area contributed by atoms with Crippen LogP contribution in [0.3, 0.4) is 0 Å². The minimum atomic E-state index is -2.06. The van der Waals surface area contributed by atoms with Gasteiger partial charge in [0.15, 0.2) is 0 Å². The third-order valence-electron chi connectivity index (χ3n) is 7.54. The molecule has 34 heavy (non-hydrogen) atoms. The number of likely N-dealkylation sites (tertiary alicyclic amines) is 1. The molecule has 2 heterocycles. The van der Waals surface area contributed by atoms with Crippen molar-refractivity contribution in [1.29, 1.82) is 0 Å². The number of ether oxygens (including phenoxy) is 1. The average Bonchev–Trinajstić information content (AvgIpc) is 2.73. The fraction of sp³-hybridized carbons (Fsp3) is 0.517. The predicted molar refractivity (Wildman–Crippen MR) is 137 cm³/mol. The standard InChI is InChI=1S/C29H36ClNO3/c1-6-13-31-14-12-24-23(18-31)27-26(34-28(24,4)5)16-22(17-29(27,32)33)20(3)8-7-9-21-11-10-19(2)15-25(21)30/h1,10-11,15-17,20,24,32-33H,7-9,12-14,18H2,2-5H3. The number of terminal acetylenes is 1. The zero-order valence-corrected chi connectivity index (χ0v) is 21.5. The first-order valence-corrected chi connectivity index (χ1v) is 12.6. The molecule has 1 aromatic rings. The molecule has 0 spiro atoms. The summed E-state index contributed by atoms with van der Waals surface area (Å²) in [5.41, 5.74) is 4.32. The maximum absolute atomic E-state index is 11.2. The van der Waals surface area contributed by atoms with Gasteiger partial charge in [-0.1, -0.05) is 36.6 Å². The van der Waals surface area contributed by atoms with Crippen molar-refractivity contribution in [2.24, 2.45) is 11.8 Å². The summed E-state index contributed by atoms with van der Waals surface area (Å²) in [6.07, 6.45) is 12.8. The van der Waals surface area contributed by atoms with E-state index in [2.05, 4.69) is 43.7 Å². The molecule has 2 unspecified atom stereocenters. The second kappa shape index (κ2) is 9.55. The van der Waals surface area contributed by atoms with Crippen molar-refractivity contribution in [2.45, 2.75) is 64.8 Å². The van der Waals surface area contributed by atoms with E-state index in [-0.39, 0.29) is 11.8 Å². The molecule has 0 aromatic heterocycles. The Hall–Kier alpha value is -2.03. The molecule has 0 amide bonds. The fourth-order valence-electron chi connectivity index (χ4n) is 5.69. The lowest BCUT2D eigenvalue weighted by Crippen LogP contribution is -2.51. The molecule has 2 atom stereocenters. The molecule has 0 radical (unpaired) electrons. The highest BCUT2D eigenvalue weighted by atomic mass is 35.5. The normalized spacial score (nSPS) is 24.2. The molecule has 3 aliphatic rings. The minimum Gasteiger partial charge on any atom is -0.487 e. The summed E-state index contributed by atoms with van der Waals surface area (Å²) in [7, 11) is 0. The number of allylic oxidation sites excluding steroid dienone is 2. The van der Waals surface area contributed by atoms with Crippen LogP contribution < -0.4 is 0 Å². The van der Waals surface area contributed by atoms with E-state index in [1.165, 1.54) is 0 Å². The van der Waals surface area contributed by atoms with Crippen molar-refractivity contribution in [2.75, 3.05) is 19.6 Å². The Balaban J connectivity index is 1.55. The van der Waals surface area contributed by atoms with E-state index in [1.807, 2.05) is 19.1 Å². The van der Waals surface area contributed by atoms with Crippen LogP contribution in [0, 0.1) is 31.1 Å². The quantitative estimate of drug-likeness (QED) is 0.434. The van der Waals surface area contributed by atoms with Crippen LogP contribution in [-0.2, 0) is 11.2 Å². The molecule has 1 saturated heterocycles. The highest BCUT2D eigenvalue weighted by molar-refractivity contribution is 6.31. The largest absolute Gasteiger partial charge is 0.487 e. The molecule has 0 saturated carbocycles. The molecule has 1 aliphatic carbocycles. The molecule has 1 fully saturated rings. The molecule has 0 bridgehead atoms. The molecule has 5 heteroatoms. The summed E-state index contributed by atoms with van der Waals surface area (Å²) in [6.45, 7) is 10.4. The molecular formula is C29H36ClNO3. The number of aliphatic hydroxyl groups is 2. The first-order chi connectivity index (χ1) is 16.0. The van der Waals surface area contributed by atoms with Crippen LogP contribution in [0.25, 0.3) is 0 Å². The Morgan fingerprint density at radius 3 is 2.79 bits per heavy atom. The Kier molecular flexibility index (Phi) is 7.04. The van der Waals surface area contributed by atoms with Gasteiger partial charge in [0.25, 0.3) is 0 Å². The van der Waals surface area contributed by atoms with E-state index in [9.17, 15) is 10.2 Å². The van der Waals surface area contributed by atoms with Crippen molar-refractivity contribution >= 4 is 11.6 Å². The van der Waals surface area contributed by atoms with Gasteiger partial charge in [0.2, 0.25) is 5.79 Å². The van der Waals surface area contributed by atoms with E-state index in [0.717, 1.165) is 59.5 Å². The van der Waals surface area contributed by atoms with Crippen molar-refractivity contribution in [1.82, 2.24) is 4.90 Å². The smallest absolute Gasteiger partial charge is 0.214 e. The second-order valence-corrected chi connectivity index (χ2v) is 11.0. The second-order valence-electron chi connectivity index (χ2n) is 10.6. The summed E-state index contributed by atoms with van der Waals surface area (Å²) in [5, 5.41) is 23.2. The monoisotopic (exact) mass is 481 g/mol. The lowest BCUT2D eigenvalue weighted by atomic mass is 9.71. The van der Waals surface area contributed by atoms with Crippen LogP contribution in [0.4, 0.5) is 0 Å². The molecule has 2 N–H and O–H groups in total. The van der Waals surface area contributed by atoms with Crippen molar-refractivity contribution in [3.8, 4) is 12.3 Å². The van der Waals surface area contributed by atoms with E-state index < -0.39 is 11.4 Å². The van der Waals surface area contributed by atoms with E-state index in [4.69, 9.17) is 22.8 Å². The maximum Gasteiger partial charge on any atom is 0.214 e. The average molecular weight is 482 g/mol. The third kappa shape index (κ3) is 4.99. The van der Waals surface area contributed by atoms with Crippen LogP contribution in [0.15, 0.2) is 52.8 Å². The summed E-state index contributed by atoms with van der Waals surface area (Å²) in [6, 6.07) is 6.18. The predicted octanol–water partition coefficient (Wildman–Crippen LogP) is 5.17. The highest BCUT2D eigenvalue weighted by Gasteiger charge is 2.49. The Morgan fingerprint density at radius 1 is 1.32 bits per heavy atom. The summed E-state index contributed by atoms with van der Waals surface area (Å²) in [5.74, 6) is 1.51. The van der Waals surface area contributed by atoms with Crippen molar-refractivity contribution < 1.29 is 14.9 Å².